The van der Waals surface area contributed by atoms with Gasteiger partial charge in [-0.2, -0.15) is 0 Å². The predicted molar refractivity (Wildman–Crippen MR) is 70.6 cm³/mol. The maximum Gasteiger partial charge on any atom is 0.326 e. The molecule has 21 heavy (non-hydrogen) atoms. The number of carboxylic acid groups (broad SMARTS) is 1. The smallest absolute Gasteiger partial charge is 0.326 e. The lowest BCUT2D eigenvalue weighted by Gasteiger charge is -2.12. The Kier molecular flexibility index (Phi) is 5.82. The fourth-order valence-corrected chi connectivity index (χ4v) is 1.48. The molecular formula is C12H18N4O5. The van der Waals surface area contributed by atoms with Crippen LogP contribution in [0.1, 0.15) is 49.1 Å². The van der Waals surface area contributed by atoms with E-state index in [1.165, 1.54) is 7.11 Å². The van der Waals surface area contributed by atoms with Crippen LogP contribution in [0.3, 0.4) is 0 Å². The van der Waals surface area contributed by atoms with Crippen LogP contribution in [0.25, 0.3) is 0 Å². The zero-order valence-corrected chi connectivity index (χ0v) is 12.0. The molecule has 0 aliphatic heterocycles. The van der Waals surface area contributed by atoms with Crippen molar-refractivity contribution < 1.29 is 24.2 Å². The number of aliphatic carboxylic acids is 1. The fourth-order valence-electron chi connectivity index (χ4n) is 1.48. The van der Waals surface area contributed by atoms with Crippen molar-refractivity contribution in [2.24, 2.45) is 0 Å². The number of carboxylic acids is 1. The molecule has 0 unspecified atom stereocenters. The van der Waals surface area contributed by atoms with E-state index >= 15 is 0 Å². The highest BCUT2D eigenvalue weighted by Crippen LogP contribution is 2.08. The Hall–Kier alpha value is -2.45. The lowest BCUT2D eigenvalue weighted by atomic mass is 10.1. The van der Waals surface area contributed by atoms with E-state index < -0.39 is 23.9 Å². The summed E-state index contributed by atoms with van der Waals surface area (Å²) in [5, 5.41) is 17.6. The summed E-state index contributed by atoms with van der Waals surface area (Å²) < 4.78 is 4.43. The number of hydrogen-bond acceptors (Lipinski definition) is 6. The second-order valence-electron chi connectivity index (χ2n) is 4.68. The first-order valence-electron chi connectivity index (χ1n) is 6.38. The van der Waals surface area contributed by atoms with E-state index in [0.29, 0.717) is 5.82 Å². The summed E-state index contributed by atoms with van der Waals surface area (Å²) in [6.07, 6.45) is -0.186. The molecule has 0 saturated carbocycles. The molecule has 0 spiro atoms. The highest BCUT2D eigenvalue weighted by molar-refractivity contribution is 5.93. The van der Waals surface area contributed by atoms with Crippen LogP contribution in [0, 0.1) is 0 Å². The number of aromatic nitrogens is 3. The Labute approximate surface area is 121 Å². The molecule has 9 heteroatoms. The minimum Gasteiger partial charge on any atom is -0.480 e. The first kappa shape index (κ1) is 16.6. The van der Waals surface area contributed by atoms with Gasteiger partial charge in [0.25, 0.3) is 5.91 Å². The number of H-pyrrole nitrogens is 1. The maximum absolute atomic E-state index is 11.9. The molecule has 3 N–H and O–H groups in total. The molecule has 1 atom stereocenters. The van der Waals surface area contributed by atoms with Gasteiger partial charge in [0.15, 0.2) is 0 Å². The number of carbonyl (C=O) groups excluding carboxylic acids is 2. The van der Waals surface area contributed by atoms with Gasteiger partial charge in [0, 0.05) is 12.3 Å². The average Bonchev–Trinajstić information content (AvgIpc) is 2.92. The molecule has 116 valence electrons. The lowest BCUT2D eigenvalue weighted by molar-refractivity contribution is -0.142. The van der Waals surface area contributed by atoms with Crippen LogP contribution in [-0.2, 0) is 14.3 Å². The van der Waals surface area contributed by atoms with E-state index in [9.17, 15) is 14.4 Å². The molecule has 9 nitrogen and oxygen atoms in total. The quantitative estimate of drug-likeness (QED) is 0.606. The van der Waals surface area contributed by atoms with E-state index in [0.717, 1.165) is 0 Å². The van der Waals surface area contributed by atoms with Gasteiger partial charge in [0.05, 0.1) is 7.11 Å². The zero-order valence-electron chi connectivity index (χ0n) is 12.0. The summed E-state index contributed by atoms with van der Waals surface area (Å²) in [6, 6.07) is -1.21. The third-order valence-corrected chi connectivity index (χ3v) is 2.72. The molecule has 1 amide bonds. The molecule has 1 aromatic rings. The molecule has 0 aliphatic rings. The van der Waals surface area contributed by atoms with Gasteiger partial charge in [-0.05, 0) is 6.42 Å². The van der Waals surface area contributed by atoms with E-state index in [1.54, 1.807) is 0 Å². The van der Waals surface area contributed by atoms with Gasteiger partial charge in [0.2, 0.25) is 5.82 Å². The van der Waals surface area contributed by atoms with Gasteiger partial charge in [-0.15, -0.1) is 5.10 Å². The molecular weight excluding hydrogens is 280 g/mol. The van der Waals surface area contributed by atoms with Crippen molar-refractivity contribution in [3.63, 3.8) is 0 Å². The SMILES string of the molecule is COC(=O)CC[C@H](NC(=O)c1n[nH]c(C(C)C)n1)C(=O)O. The topological polar surface area (TPSA) is 134 Å². The predicted octanol–water partition coefficient (Wildman–Crippen LogP) is 0.0643. The zero-order chi connectivity index (χ0) is 16.0. The molecule has 0 fully saturated rings. The molecule has 1 rings (SSSR count). The molecule has 1 aromatic heterocycles. The van der Waals surface area contributed by atoms with E-state index in [4.69, 9.17) is 5.11 Å². The molecule has 0 radical (unpaired) electrons. The van der Waals surface area contributed by atoms with Crippen LogP contribution in [0.5, 0.6) is 0 Å². The number of ether oxygens (including phenoxy) is 1. The maximum atomic E-state index is 11.9. The number of nitrogens with one attached hydrogen (secondary N) is 2. The van der Waals surface area contributed by atoms with Crippen LogP contribution in [0.4, 0.5) is 0 Å². The first-order chi connectivity index (χ1) is 9.85. The second kappa shape index (κ2) is 7.36. The number of methoxy groups -OCH3 is 1. The van der Waals surface area contributed by atoms with Gasteiger partial charge in [-0.1, -0.05) is 13.8 Å². The first-order valence-corrected chi connectivity index (χ1v) is 6.38. The molecule has 1 heterocycles. The number of nitrogens with zero attached hydrogens (tertiary/aromatic N) is 2. The van der Waals surface area contributed by atoms with Gasteiger partial charge in [-0.3, -0.25) is 14.7 Å². The number of rotatable bonds is 7. The van der Waals surface area contributed by atoms with Crippen LogP contribution in [0.2, 0.25) is 0 Å². The highest BCUT2D eigenvalue weighted by atomic mass is 16.5. The van der Waals surface area contributed by atoms with Crippen molar-refractivity contribution in [2.75, 3.05) is 7.11 Å². The summed E-state index contributed by atoms with van der Waals surface area (Å²) >= 11 is 0. The highest BCUT2D eigenvalue weighted by Gasteiger charge is 2.24. The largest absolute Gasteiger partial charge is 0.480 e. The van der Waals surface area contributed by atoms with Gasteiger partial charge < -0.3 is 15.2 Å². The summed E-state index contributed by atoms with van der Waals surface area (Å²) in [7, 11) is 1.21. The number of carbonyl (C=O) groups is 3. The molecule has 0 aromatic carbocycles. The van der Waals surface area contributed by atoms with Crippen molar-refractivity contribution >= 4 is 17.8 Å². The summed E-state index contributed by atoms with van der Waals surface area (Å²) in [5.74, 6) is -2.05. The molecule has 0 bridgehead atoms. The van der Waals surface area contributed by atoms with Crippen molar-refractivity contribution in [1.82, 2.24) is 20.5 Å². The normalized spacial score (nSPS) is 12.0. The Morgan fingerprint density at radius 1 is 1.38 bits per heavy atom. The van der Waals surface area contributed by atoms with E-state index in [1.807, 2.05) is 13.8 Å². The summed E-state index contributed by atoms with van der Waals surface area (Å²) in [6.45, 7) is 3.75. The van der Waals surface area contributed by atoms with E-state index in [-0.39, 0.29) is 24.6 Å². The van der Waals surface area contributed by atoms with Gasteiger partial charge in [0.1, 0.15) is 11.9 Å². The third-order valence-electron chi connectivity index (χ3n) is 2.72. The standard InChI is InChI=1S/C12H18N4O5/c1-6(2)9-14-10(16-15-9)11(18)13-7(12(19)20)4-5-8(17)21-3/h6-7H,4-5H2,1-3H3,(H,13,18)(H,19,20)(H,14,15,16)/t7-/m0/s1. The van der Waals surface area contributed by atoms with E-state index in [2.05, 4.69) is 25.2 Å². The van der Waals surface area contributed by atoms with Gasteiger partial charge in [-0.25, -0.2) is 9.78 Å². The minimum absolute atomic E-state index is 0.0636. The van der Waals surface area contributed by atoms with Crippen molar-refractivity contribution in [3.8, 4) is 0 Å². The van der Waals surface area contributed by atoms with Gasteiger partial charge >= 0.3 is 11.9 Å². The Balaban J connectivity index is 2.67. The second-order valence-corrected chi connectivity index (χ2v) is 4.68. The summed E-state index contributed by atoms with van der Waals surface area (Å²) in [4.78, 5) is 37.9. The molecule has 0 saturated heterocycles. The number of amides is 1. The fraction of sp³-hybridized carbons (Fsp3) is 0.583. The van der Waals surface area contributed by atoms with Crippen LogP contribution >= 0.6 is 0 Å². The van der Waals surface area contributed by atoms with Crippen molar-refractivity contribution in [1.29, 1.82) is 0 Å². The Morgan fingerprint density at radius 3 is 2.52 bits per heavy atom. The van der Waals surface area contributed by atoms with Crippen molar-refractivity contribution in [2.45, 2.75) is 38.6 Å². The average molecular weight is 298 g/mol. The van der Waals surface area contributed by atoms with Crippen LogP contribution < -0.4 is 5.32 Å². The van der Waals surface area contributed by atoms with Crippen LogP contribution in [0.15, 0.2) is 0 Å². The number of esters is 1. The lowest BCUT2D eigenvalue weighted by Crippen LogP contribution is -2.41. The summed E-state index contributed by atoms with van der Waals surface area (Å²) in [5.41, 5.74) is 0. The number of hydrogen-bond donors (Lipinski definition) is 3. The Bertz CT molecular complexity index is 525. The molecule has 0 aliphatic carbocycles. The third kappa shape index (κ3) is 4.86. The minimum atomic E-state index is -1.24. The van der Waals surface area contributed by atoms with Crippen molar-refractivity contribution in [3.05, 3.63) is 11.6 Å². The Morgan fingerprint density at radius 2 is 2.05 bits per heavy atom. The van der Waals surface area contributed by atoms with Crippen LogP contribution in [-0.4, -0.2) is 51.3 Å². The number of aromatic amines is 1. The monoisotopic (exact) mass is 298 g/mol.